The van der Waals surface area contributed by atoms with Crippen LogP contribution in [-0.2, 0) is 4.74 Å². The zero-order chi connectivity index (χ0) is 18.4. The Kier molecular flexibility index (Phi) is 3.92. The van der Waals surface area contributed by atoms with Gasteiger partial charge in [-0.2, -0.15) is 0 Å². The van der Waals surface area contributed by atoms with Gasteiger partial charge in [0.15, 0.2) is 5.78 Å². The number of aliphatic imine (C=N–C) groups is 1. The van der Waals surface area contributed by atoms with Crippen LogP contribution in [0.2, 0.25) is 0 Å². The fourth-order valence-electron chi connectivity index (χ4n) is 3.09. The molecule has 0 fully saturated rings. The number of carbonyl (C=O) groups excluding carboxylic acids is 1. The minimum absolute atomic E-state index is 0.0859. The Morgan fingerprint density at radius 1 is 1.23 bits per heavy atom. The van der Waals surface area contributed by atoms with E-state index >= 15 is 0 Å². The number of Topliss-reactive ketones (excluding diaryl/α,β-unsaturated/α-hetero) is 1. The molecule has 0 unspecified atom stereocenters. The van der Waals surface area contributed by atoms with E-state index in [1.165, 1.54) is 16.9 Å². The largest absolute Gasteiger partial charge is 0.494 e. The van der Waals surface area contributed by atoms with Crippen LogP contribution in [0, 0.1) is 13.8 Å². The minimum atomic E-state index is 0.0859. The van der Waals surface area contributed by atoms with Crippen molar-refractivity contribution in [1.29, 1.82) is 0 Å². The first-order chi connectivity index (χ1) is 12.4. The van der Waals surface area contributed by atoms with Gasteiger partial charge in [0, 0.05) is 17.5 Å². The molecule has 26 heavy (non-hydrogen) atoms. The van der Waals surface area contributed by atoms with Crippen LogP contribution in [0.5, 0.6) is 0 Å². The molecule has 0 saturated heterocycles. The standard InChI is InChI=1S/C20H19N3O2S/c1-10-5-11(2)21-13(10)6-16-18(25-4)7-14(22-16)15-8-20-17(23-15)9-19(26-20)12(3)24/h5-9,21,23H,1-4H3. The topological polar surface area (TPSA) is 70.2 Å². The summed E-state index contributed by atoms with van der Waals surface area (Å²) >= 11 is 1.49. The summed E-state index contributed by atoms with van der Waals surface area (Å²) < 4.78 is 6.56. The fraction of sp³-hybridized carbons (Fsp3) is 0.200. The van der Waals surface area contributed by atoms with Crippen molar-refractivity contribution in [2.24, 2.45) is 4.99 Å². The number of aromatic nitrogens is 2. The van der Waals surface area contributed by atoms with Gasteiger partial charge in [-0.15, -0.1) is 11.3 Å². The maximum Gasteiger partial charge on any atom is 0.169 e. The summed E-state index contributed by atoms with van der Waals surface area (Å²) in [4.78, 5) is 23.7. The predicted molar refractivity (Wildman–Crippen MR) is 106 cm³/mol. The first kappa shape index (κ1) is 16.6. The lowest BCUT2D eigenvalue weighted by molar-refractivity contribution is 0.102. The van der Waals surface area contributed by atoms with Crippen LogP contribution >= 0.6 is 11.3 Å². The van der Waals surface area contributed by atoms with Gasteiger partial charge >= 0.3 is 0 Å². The number of ether oxygens (including phenoxy) is 1. The number of ketones is 1. The van der Waals surface area contributed by atoms with E-state index in [9.17, 15) is 4.79 Å². The molecule has 0 radical (unpaired) electrons. The number of H-pyrrole nitrogens is 2. The quantitative estimate of drug-likeness (QED) is 0.655. The molecule has 2 N–H and O–H groups in total. The molecule has 0 atom stereocenters. The Morgan fingerprint density at radius 2 is 2.04 bits per heavy atom. The fourth-order valence-corrected chi connectivity index (χ4v) is 4.04. The Bertz CT molecular complexity index is 1090. The van der Waals surface area contributed by atoms with Crippen LogP contribution in [0.25, 0.3) is 16.3 Å². The highest BCUT2D eigenvalue weighted by Crippen LogP contribution is 2.30. The van der Waals surface area contributed by atoms with Gasteiger partial charge in [0.25, 0.3) is 0 Å². The van der Waals surface area contributed by atoms with E-state index in [2.05, 4.69) is 23.0 Å². The average molecular weight is 365 g/mol. The summed E-state index contributed by atoms with van der Waals surface area (Å²) in [6, 6.07) is 6.03. The van der Waals surface area contributed by atoms with Crippen molar-refractivity contribution in [3.63, 3.8) is 0 Å². The monoisotopic (exact) mass is 365 g/mol. The molecule has 1 aliphatic rings. The van der Waals surface area contributed by atoms with Crippen molar-refractivity contribution in [1.82, 2.24) is 9.97 Å². The molecule has 0 amide bonds. The van der Waals surface area contributed by atoms with Crippen LogP contribution < -0.4 is 0 Å². The number of fused-ring (bicyclic) bond motifs is 1. The first-order valence-corrected chi connectivity index (χ1v) is 9.13. The van der Waals surface area contributed by atoms with Crippen LogP contribution in [0.4, 0.5) is 0 Å². The number of aromatic amines is 2. The summed E-state index contributed by atoms with van der Waals surface area (Å²) in [6.45, 7) is 5.69. The summed E-state index contributed by atoms with van der Waals surface area (Å²) in [7, 11) is 1.65. The Balaban J connectivity index is 1.72. The highest BCUT2D eigenvalue weighted by atomic mass is 32.1. The molecule has 0 bridgehead atoms. The minimum Gasteiger partial charge on any atom is -0.494 e. The van der Waals surface area contributed by atoms with E-state index in [-0.39, 0.29) is 5.78 Å². The van der Waals surface area contributed by atoms with E-state index in [1.807, 2.05) is 31.2 Å². The maximum absolute atomic E-state index is 11.5. The normalized spacial score (nSPS) is 15.6. The van der Waals surface area contributed by atoms with Crippen LogP contribution in [0.1, 0.15) is 39.2 Å². The lowest BCUT2D eigenvalue weighted by atomic mass is 10.2. The third-order valence-electron chi connectivity index (χ3n) is 4.38. The molecule has 0 spiro atoms. The molecule has 3 aromatic rings. The van der Waals surface area contributed by atoms with E-state index in [0.29, 0.717) is 0 Å². The number of methoxy groups -OCH3 is 1. The molecule has 6 heteroatoms. The molecule has 4 rings (SSSR count). The summed E-state index contributed by atoms with van der Waals surface area (Å²) in [5.41, 5.74) is 6.80. The second-order valence-corrected chi connectivity index (χ2v) is 7.50. The second-order valence-electron chi connectivity index (χ2n) is 6.42. The smallest absolute Gasteiger partial charge is 0.169 e. The molecule has 5 nitrogen and oxygen atoms in total. The number of hydrogen-bond acceptors (Lipinski definition) is 4. The lowest BCUT2D eigenvalue weighted by Crippen LogP contribution is -1.94. The number of aryl methyl sites for hydroxylation is 2. The highest BCUT2D eigenvalue weighted by Gasteiger charge is 2.19. The Hall–Kier alpha value is -2.86. The van der Waals surface area contributed by atoms with Crippen LogP contribution in [-0.4, -0.2) is 28.6 Å². The molecule has 132 valence electrons. The highest BCUT2D eigenvalue weighted by molar-refractivity contribution is 7.20. The molecular formula is C20H19N3O2S. The number of nitrogens with zero attached hydrogens (tertiary/aromatic N) is 1. The third-order valence-corrected chi connectivity index (χ3v) is 5.56. The number of rotatable bonds is 4. The van der Waals surface area contributed by atoms with Crippen LogP contribution in [0.3, 0.4) is 0 Å². The van der Waals surface area contributed by atoms with Gasteiger partial charge in [0.05, 0.1) is 33.6 Å². The van der Waals surface area contributed by atoms with Gasteiger partial charge < -0.3 is 14.7 Å². The van der Waals surface area contributed by atoms with Gasteiger partial charge in [-0.05, 0) is 50.6 Å². The number of carbonyl (C=O) groups is 1. The van der Waals surface area contributed by atoms with Gasteiger partial charge in [0.2, 0.25) is 0 Å². The van der Waals surface area contributed by atoms with E-state index < -0.39 is 0 Å². The number of nitrogens with one attached hydrogen (secondary N) is 2. The molecule has 0 saturated carbocycles. The zero-order valence-corrected chi connectivity index (χ0v) is 15.9. The number of thiophene rings is 1. The summed E-state index contributed by atoms with van der Waals surface area (Å²) in [6.07, 6.45) is 3.93. The van der Waals surface area contributed by atoms with Crippen molar-refractivity contribution in [3.8, 4) is 0 Å². The second kappa shape index (κ2) is 6.14. The average Bonchev–Trinajstić information content (AvgIpc) is 3.30. The number of allylic oxidation sites excluding steroid dienone is 1. The zero-order valence-electron chi connectivity index (χ0n) is 15.1. The lowest BCUT2D eigenvalue weighted by Gasteiger charge is -2.01. The summed E-state index contributed by atoms with van der Waals surface area (Å²) in [5.74, 6) is 0.816. The Labute approximate surface area is 155 Å². The number of hydrogen-bond donors (Lipinski definition) is 2. The van der Waals surface area contributed by atoms with Gasteiger partial charge in [-0.25, -0.2) is 4.99 Å². The molecule has 0 aromatic carbocycles. The Morgan fingerprint density at radius 3 is 2.65 bits per heavy atom. The molecule has 1 aliphatic heterocycles. The molecular weight excluding hydrogens is 346 g/mol. The van der Waals surface area contributed by atoms with E-state index in [1.54, 1.807) is 14.0 Å². The van der Waals surface area contributed by atoms with Crippen molar-refractivity contribution in [3.05, 3.63) is 63.3 Å². The molecule has 4 heterocycles. The molecule has 3 aromatic heterocycles. The van der Waals surface area contributed by atoms with Crippen LogP contribution in [0.15, 0.2) is 40.7 Å². The SMILES string of the molecule is COC1=CC(c2cc3sc(C(C)=O)cc3[nH]2)=NC1=Cc1[nH]c(C)cc1C. The molecule has 0 aliphatic carbocycles. The van der Waals surface area contributed by atoms with Crippen molar-refractivity contribution in [2.75, 3.05) is 7.11 Å². The van der Waals surface area contributed by atoms with E-state index in [4.69, 9.17) is 9.73 Å². The predicted octanol–water partition coefficient (Wildman–Crippen LogP) is 4.75. The van der Waals surface area contributed by atoms with Gasteiger partial charge in [-0.1, -0.05) is 0 Å². The van der Waals surface area contributed by atoms with Crippen molar-refractivity contribution >= 4 is 39.1 Å². The maximum atomic E-state index is 11.5. The van der Waals surface area contributed by atoms with Gasteiger partial charge in [0.1, 0.15) is 11.5 Å². The van der Waals surface area contributed by atoms with Crippen molar-refractivity contribution < 1.29 is 9.53 Å². The van der Waals surface area contributed by atoms with E-state index in [0.717, 1.165) is 49.3 Å². The van der Waals surface area contributed by atoms with Gasteiger partial charge in [-0.3, -0.25) is 4.79 Å². The first-order valence-electron chi connectivity index (χ1n) is 8.31. The summed E-state index contributed by atoms with van der Waals surface area (Å²) in [5, 5.41) is 0. The van der Waals surface area contributed by atoms with Crippen molar-refractivity contribution in [2.45, 2.75) is 20.8 Å². The third kappa shape index (κ3) is 2.82.